The number of nitrogens with zero attached hydrogens (tertiary/aromatic N) is 4. The first-order valence-electron chi connectivity index (χ1n) is 13.4. The number of anilines is 2. The molecule has 3 aliphatic rings. The second-order valence-corrected chi connectivity index (χ2v) is 11.3. The summed E-state index contributed by atoms with van der Waals surface area (Å²) in [7, 11) is 0. The average molecular weight is 541 g/mol. The summed E-state index contributed by atoms with van der Waals surface area (Å²) in [5.74, 6) is -2.40. The van der Waals surface area contributed by atoms with Crippen molar-refractivity contribution in [2.24, 2.45) is 11.8 Å². The molecule has 2 saturated heterocycles. The van der Waals surface area contributed by atoms with Crippen molar-refractivity contribution in [1.82, 2.24) is 4.90 Å². The van der Waals surface area contributed by atoms with Crippen LogP contribution in [0.15, 0.2) is 18.2 Å². The molecule has 0 saturated carbocycles. The van der Waals surface area contributed by atoms with E-state index in [1.165, 1.54) is 23.1 Å². The number of hydrogen-bond acceptors (Lipinski definition) is 7. The van der Waals surface area contributed by atoms with Gasteiger partial charge in [-0.05, 0) is 71.6 Å². The maximum absolute atomic E-state index is 14.4. The third-order valence-electron chi connectivity index (χ3n) is 7.75. The molecule has 1 aromatic rings. The van der Waals surface area contributed by atoms with Gasteiger partial charge in [0.1, 0.15) is 6.04 Å². The van der Waals surface area contributed by atoms with E-state index in [0.717, 1.165) is 9.80 Å². The van der Waals surface area contributed by atoms with Crippen molar-refractivity contribution < 1.29 is 33.8 Å². The fourth-order valence-electron chi connectivity index (χ4n) is 5.76. The number of imide groups is 1. The lowest BCUT2D eigenvalue weighted by atomic mass is 9.94. The van der Waals surface area contributed by atoms with Gasteiger partial charge in [0.05, 0.1) is 29.0 Å². The summed E-state index contributed by atoms with van der Waals surface area (Å²) >= 11 is 0. The van der Waals surface area contributed by atoms with Gasteiger partial charge in [0.2, 0.25) is 11.8 Å². The standard InChI is InChI=1S/C28H36N4O7/c1-17-23(32(27(36)37)28(2,3)4)26(35)31(25(34)20-9-13-39-14-10-20)21-6-5-18(16-29)15-22(21)30(17)24(33)19-7-11-38-12-8-19/h5-6,15,17,19-20,23H,7-14H2,1-4H3,(H,36,37)/t17-,23-/m0/s1. The summed E-state index contributed by atoms with van der Waals surface area (Å²) in [6.07, 6.45) is 0.442. The first kappa shape index (κ1) is 28.5. The number of benzene rings is 1. The zero-order valence-corrected chi connectivity index (χ0v) is 22.9. The van der Waals surface area contributed by atoms with Crippen LogP contribution < -0.4 is 9.80 Å². The first-order valence-corrected chi connectivity index (χ1v) is 13.4. The zero-order chi connectivity index (χ0) is 28.5. The molecule has 2 fully saturated rings. The van der Waals surface area contributed by atoms with E-state index in [2.05, 4.69) is 6.07 Å². The highest BCUT2D eigenvalue weighted by atomic mass is 16.5. The molecule has 0 aliphatic carbocycles. The van der Waals surface area contributed by atoms with E-state index in [1.807, 2.05) is 0 Å². The topological polar surface area (TPSA) is 140 Å². The van der Waals surface area contributed by atoms with Crippen LogP contribution in [0.2, 0.25) is 0 Å². The Bertz CT molecular complexity index is 1180. The number of rotatable bonds is 3. The molecule has 39 heavy (non-hydrogen) atoms. The van der Waals surface area contributed by atoms with Crippen LogP contribution in [0.25, 0.3) is 0 Å². The van der Waals surface area contributed by atoms with E-state index in [4.69, 9.17) is 9.47 Å². The number of amides is 4. The van der Waals surface area contributed by atoms with Crippen LogP contribution in [0.1, 0.15) is 58.9 Å². The lowest BCUT2D eigenvalue weighted by Gasteiger charge is -2.44. The van der Waals surface area contributed by atoms with Gasteiger partial charge in [0.15, 0.2) is 0 Å². The summed E-state index contributed by atoms with van der Waals surface area (Å²) in [5, 5.41) is 20.0. The predicted octanol–water partition coefficient (Wildman–Crippen LogP) is 3.15. The van der Waals surface area contributed by atoms with Crippen molar-refractivity contribution in [3.8, 4) is 6.07 Å². The van der Waals surface area contributed by atoms with Crippen LogP contribution in [0.5, 0.6) is 0 Å². The van der Waals surface area contributed by atoms with E-state index in [-0.39, 0.29) is 22.8 Å². The normalized spacial score (nSPS) is 23.0. The maximum atomic E-state index is 14.4. The monoisotopic (exact) mass is 540 g/mol. The van der Waals surface area contributed by atoms with Gasteiger partial charge < -0.3 is 19.5 Å². The van der Waals surface area contributed by atoms with Crippen LogP contribution in [-0.4, -0.2) is 77.9 Å². The SMILES string of the molecule is C[C@H]1[C@H](N(C(=O)O)C(C)(C)C)C(=O)N(C(=O)C2CCOCC2)c2ccc(C#N)cc2N1C(=O)C1CCOCC1. The van der Waals surface area contributed by atoms with Crippen molar-refractivity contribution in [2.75, 3.05) is 36.2 Å². The molecule has 0 unspecified atom stereocenters. The van der Waals surface area contributed by atoms with Crippen molar-refractivity contribution in [1.29, 1.82) is 5.26 Å². The molecule has 1 aromatic carbocycles. The van der Waals surface area contributed by atoms with Crippen LogP contribution in [0.4, 0.5) is 16.2 Å². The minimum Gasteiger partial charge on any atom is -0.465 e. The largest absolute Gasteiger partial charge is 0.465 e. The molecular weight excluding hydrogens is 504 g/mol. The molecule has 11 heteroatoms. The number of carboxylic acid groups (broad SMARTS) is 1. The summed E-state index contributed by atoms with van der Waals surface area (Å²) in [4.78, 5) is 58.8. The molecule has 0 aromatic heterocycles. The van der Waals surface area contributed by atoms with Crippen LogP contribution in [0.3, 0.4) is 0 Å². The van der Waals surface area contributed by atoms with Gasteiger partial charge in [-0.15, -0.1) is 0 Å². The van der Waals surface area contributed by atoms with Crippen molar-refractivity contribution in [2.45, 2.75) is 71.0 Å². The van der Waals surface area contributed by atoms with E-state index >= 15 is 0 Å². The molecule has 1 N–H and O–H groups in total. The predicted molar refractivity (Wildman–Crippen MR) is 141 cm³/mol. The number of nitriles is 1. The molecule has 0 spiro atoms. The van der Waals surface area contributed by atoms with Crippen molar-refractivity contribution in [3.05, 3.63) is 23.8 Å². The Balaban J connectivity index is 1.95. The van der Waals surface area contributed by atoms with Gasteiger partial charge in [-0.2, -0.15) is 5.26 Å². The van der Waals surface area contributed by atoms with Gasteiger partial charge in [-0.25, -0.2) is 9.69 Å². The third kappa shape index (κ3) is 5.49. The molecule has 2 atom stereocenters. The highest BCUT2D eigenvalue weighted by Gasteiger charge is 2.51. The van der Waals surface area contributed by atoms with E-state index < -0.39 is 47.4 Å². The summed E-state index contributed by atoms with van der Waals surface area (Å²) in [6.45, 7) is 8.19. The van der Waals surface area contributed by atoms with Crippen LogP contribution >= 0.6 is 0 Å². The molecule has 11 nitrogen and oxygen atoms in total. The Hall–Kier alpha value is -3.49. The third-order valence-corrected chi connectivity index (χ3v) is 7.75. The van der Waals surface area contributed by atoms with Gasteiger partial charge >= 0.3 is 6.09 Å². The van der Waals surface area contributed by atoms with Crippen LogP contribution in [0, 0.1) is 23.2 Å². The Morgan fingerprint density at radius 1 is 0.974 bits per heavy atom. The van der Waals surface area contributed by atoms with Crippen molar-refractivity contribution in [3.63, 3.8) is 0 Å². The minimum absolute atomic E-state index is 0.171. The first-order chi connectivity index (χ1) is 18.5. The highest BCUT2D eigenvalue weighted by Crippen LogP contribution is 2.41. The Kier molecular flexibility index (Phi) is 8.28. The van der Waals surface area contributed by atoms with Gasteiger partial charge in [0.25, 0.3) is 5.91 Å². The molecule has 3 aliphatic heterocycles. The molecule has 4 rings (SSSR count). The number of carbonyl (C=O) groups is 4. The lowest BCUT2D eigenvalue weighted by molar-refractivity contribution is -0.134. The summed E-state index contributed by atoms with van der Waals surface area (Å²) < 4.78 is 10.9. The molecule has 210 valence electrons. The minimum atomic E-state index is -1.38. The number of fused-ring (bicyclic) bond motifs is 1. The van der Waals surface area contributed by atoms with E-state index in [0.29, 0.717) is 52.1 Å². The van der Waals surface area contributed by atoms with Gasteiger partial charge in [-0.1, -0.05) is 0 Å². The number of ether oxygens (including phenoxy) is 2. The second kappa shape index (κ2) is 11.3. The lowest BCUT2D eigenvalue weighted by Crippen LogP contribution is -2.65. The summed E-state index contributed by atoms with van der Waals surface area (Å²) in [6, 6.07) is 4.24. The molecule has 3 heterocycles. The maximum Gasteiger partial charge on any atom is 0.408 e. The highest BCUT2D eigenvalue weighted by molar-refractivity contribution is 6.22. The zero-order valence-electron chi connectivity index (χ0n) is 22.9. The Morgan fingerprint density at radius 2 is 1.51 bits per heavy atom. The molecule has 0 bridgehead atoms. The summed E-state index contributed by atoms with van der Waals surface area (Å²) in [5.41, 5.74) is -0.366. The smallest absolute Gasteiger partial charge is 0.408 e. The average Bonchev–Trinajstić information content (AvgIpc) is 3.00. The van der Waals surface area contributed by atoms with Gasteiger partial charge in [-0.3, -0.25) is 19.3 Å². The molecule has 4 amide bonds. The number of hydrogen-bond donors (Lipinski definition) is 1. The molecular formula is C28H36N4O7. The van der Waals surface area contributed by atoms with Crippen LogP contribution in [-0.2, 0) is 23.9 Å². The number of carbonyl (C=O) groups excluding carboxylic acids is 3. The van der Waals surface area contributed by atoms with Gasteiger partial charge in [0, 0.05) is 43.8 Å². The fourth-order valence-corrected chi connectivity index (χ4v) is 5.76. The quantitative estimate of drug-likeness (QED) is 0.577. The fraction of sp³-hybridized carbons (Fsp3) is 0.607. The Labute approximate surface area is 228 Å². The Morgan fingerprint density at radius 3 is 2.00 bits per heavy atom. The van der Waals surface area contributed by atoms with E-state index in [9.17, 15) is 29.5 Å². The van der Waals surface area contributed by atoms with E-state index in [1.54, 1.807) is 27.7 Å². The second-order valence-electron chi connectivity index (χ2n) is 11.3. The van der Waals surface area contributed by atoms with Crippen molar-refractivity contribution >= 4 is 35.2 Å². The molecule has 0 radical (unpaired) electrons.